The first-order valence-corrected chi connectivity index (χ1v) is 9.25. The quantitative estimate of drug-likeness (QED) is 0.364. The highest BCUT2D eigenvalue weighted by Crippen LogP contribution is 2.23. The Morgan fingerprint density at radius 2 is 2.19 bits per heavy atom. The zero-order valence-corrected chi connectivity index (χ0v) is 15.9. The number of nitrogens with zero attached hydrogens (tertiary/aromatic N) is 3. The maximum absolute atomic E-state index is 13.0. The summed E-state index contributed by atoms with van der Waals surface area (Å²) in [5.74, 6) is -0.461. The van der Waals surface area contributed by atoms with E-state index in [4.69, 9.17) is 9.84 Å². The van der Waals surface area contributed by atoms with E-state index in [1.54, 1.807) is 6.92 Å². The molecule has 0 aliphatic heterocycles. The van der Waals surface area contributed by atoms with Gasteiger partial charge in [-0.15, -0.1) is 0 Å². The van der Waals surface area contributed by atoms with Gasteiger partial charge < -0.3 is 9.84 Å². The van der Waals surface area contributed by atoms with E-state index in [9.17, 15) is 9.59 Å². The summed E-state index contributed by atoms with van der Waals surface area (Å²) < 4.78 is 7.03. The maximum Gasteiger partial charge on any atom is 0.311 e. The minimum absolute atomic E-state index is 0.0227. The Kier molecular flexibility index (Phi) is 5.82. The van der Waals surface area contributed by atoms with Crippen molar-refractivity contribution in [2.45, 2.75) is 19.8 Å². The summed E-state index contributed by atoms with van der Waals surface area (Å²) in [6.07, 6.45) is 0.423. The Labute approximate surface area is 159 Å². The number of methoxy groups -OCH3 is 1. The number of nitrogens with one attached hydrogen (secondary N) is 1. The number of esters is 1. The first-order chi connectivity index (χ1) is 13.0. The van der Waals surface area contributed by atoms with Crippen molar-refractivity contribution in [2.75, 3.05) is 20.3 Å². The second-order valence-corrected chi connectivity index (χ2v) is 6.88. The molecule has 0 saturated carbocycles. The third-order valence-corrected chi connectivity index (χ3v) is 5.04. The fourth-order valence-corrected chi connectivity index (χ4v) is 3.61. The summed E-state index contributed by atoms with van der Waals surface area (Å²) in [5.41, 5.74) is 1.74. The van der Waals surface area contributed by atoms with Crippen LogP contribution < -0.4 is 5.56 Å². The van der Waals surface area contributed by atoms with E-state index >= 15 is 0 Å². The number of carbonyl (C=O) groups is 1. The number of aliphatic imine (C=N–C) groups is 1. The molecule has 2 aromatic heterocycles. The van der Waals surface area contributed by atoms with Gasteiger partial charge in [0, 0.05) is 18.9 Å². The normalized spacial score (nSPS) is 11.9. The predicted molar refractivity (Wildman–Crippen MR) is 104 cm³/mol. The fourth-order valence-electron chi connectivity index (χ4n) is 2.69. The van der Waals surface area contributed by atoms with Crippen molar-refractivity contribution in [1.82, 2.24) is 14.8 Å². The van der Waals surface area contributed by atoms with Crippen molar-refractivity contribution in [2.24, 2.45) is 4.99 Å². The number of hydrogen-bond acceptors (Lipinski definition) is 7. The smallest absolute Gasteiger partial charge is 0.311 e. The molecule has 2 heterocycles. The van der Waals surface area contributed by atoms with Gasteiger partial charge in [0.25, 0.3) is 5.56 Å². The Morgan fingerprint density at radius 1 is 1.41 bits per heavy atom. The zero-order chi connectivity index (χ0) is 19.4. The molecule has 142 valence electrons. The van der Waals surface area contributed by atoms with Crippen LogP contribution in [0.2, 0.25) is 0 Å². The Balaban J connectivity index is 2.09. The standard InChI is InChI=1S/C18H20N4O4S/c1-11(19-8-5-9-23)16-13(10-15(24)26-2)21-22(17(16)25)18-20-12-6-3-4-7-14(12)27-18/h3-4,6-7,21,23H,5,8-10H2,1-2H3. The maximum atomic E-state index is 13.0. The number of hydrogen-bond donors (Lipinski definition) is 2. The van der Waals surface area contributed by atoms with Crippen LogP contribution in [0, 0.1) is 0 Å². The summed E-state index contributed by atoms with van der Waals surface area (Å²) in [5, 5.41) is 12.4. The van der Waals surface area contributed by atoms with E-state index in [2.05, 4.69) is 15.1 Å². The summed E-state index contributed by atoms with van der Waals surface area (Å²) in [7, 11) is 1.30. The number of aromatic amines is 1. The topological polar surface area (TPSA) is 110 Å². The summed E-state index contributed by atoms with van der Waals surface area (Å²) >= 11 is 1.38. The lowest BCUT2D eigenvalue weighted by Crippen LogP contribution is -2.20. The first-order valence-electron chi connectivity index (χ1n) is 8.44. The zero-order valence-electron chi connectivity index (χ0n) is 15.1. The van der Waals surface area contributed by atoms with E-state index in [0.717, 1.165) is 10.2 Å². The number of para-hydroxylation sites is 1. The molecule has 3 rings (SSSR count). The van der Waals surface area contributed by atoms with E-state index < -0.39 is 5.97 Å². The summed E-state index contributed by atoms with van der Waals surface area (Å²) in [6.45, 7) is 2.13. The molecule has 0 radical (unpaired) electrons. The number of thiazole rings is 1. The van der Waals surface area contributed by atoms with Crippen molar-refractivity contribution in [3.05, 3.63) is 45.9 Å². The number of aliphatic hydroxyl groups excluding tert-OH is 1. The minimum Gasteiger partial charge on any atom is -0.469 e. The molecule has 0 saturated heterocycles. The second-order valence-electron chi connectivity index (χ2n) is 5.87. The number of ether oxygens (including phenoxy) is 1. The molecular formula is C18H20N4O4S. The van der Waals surface area contributed by atoms with Crippen LogP contribution in [0.1, 0.15) is 24.6 Å². The van der Waals surface area contributed by atoms with Crippen LogP contribution in [0.15, 0.2) is 34.1 Å². The first kappa shape index (κ1) is 19.0. The molecule has 0 fully saturated rings. The number of rotatable bonds is 7. The van der Waals surface area contributed by atoms with E-state index in [0.29, 0.717) is 35.1 Å². The van der Waals surface area contributed by atoms with Gasteiger partial charge in [0.15, 0.2) is 0 Å². The highest BCUT2D eigenvalue weighted by atomic mass is 32.1. The van der Waals surface area contributed by atoms with Gasteiger partial charge in [-0.3, -0.25) is 19.7 Å². The number of H-pyrrole nitrogens is 1. The van der Waals surface area contributed by atoms with Crippen LogP contribution in [-0.4, -0.2) is 51.8 Å². The third kappa shape index (κ3) is 3.99. The molecule has 0 unspecified atom stereocenters. The molecule has 0 atom stereocenters. The van der Waals surface area contributed by atoms with Gasteiger partial charge in [-0.05, 0) is 25.5 Å². The number of aliphatic hydroxyl groups is 1. The van der Waals surface area contributed by atoms with Gasteiger partial charge in [0.05, 0.1) is 35.0 Å². The van der Waals surface area contributed by atoms with Crippen LogP contribution in [0.3, 0.4) is 0 Å². The van der Waals surface area contributed by atoms with Gasteiger partial charge in [-0.25, -0.2) is 4.98 Å². The average molecular weight is 388 g/mol. The molecule has 8 nitrogen and oxygen atoms in total. The predicted octanol–water partition coefficient (Wildman–Crippen LogP) is 1.68. The minimum atomic E-state index is -0.461. The summed E-state index contributed by atoms with van der Waals surface area (Å²) in [6, 6.07) is 7.60. The number of aromatic nitrogens is 3. The largest absolute Gasteiger partial charge is 0.469 e. The van der Waals surface area contributed by atoms with Crippen molar-refractivity contribution in [1.29, 1.82) is 0 Å². The summed E-state index contributed by atoms with van der Waals surface area (Å²) in [4.78, 5) is 33.6. The van der Waals surface area contributed by atoms with Crippen LogP contribution in [0.25, 0.3) is 15.3 Å². The molecule has 9 heteroatoms. The van der Waals surface area contributed by atoms with Gasteiger partial charge in [-0.1, -0.05) is 23.5 Å². The van der Waals surface area contributed by atoms with Gasteiger partial charge >= 0.3 is 5.97 Å². The van der Waals surface area contributed by atoms with Crippen LogP contribution >= 0.6 is 11.3 Å². The lowest BCUT2D eigenvalue weighted by molar-refractivity contribution is -0.139. The highest BCUT2D eigenvalue weighted by molar-refractivity contribution is 7.20. The Bertz CT molecular complexity index is 1010. The molecule has 3 aromatic rings. The molecule has 1 aromatic carbocycles. The molecule has 0 aliphatic rings. The highest BCUT2D eigenvalue weighted by Gasteiger charge is 2.21. The number of benzene rings is 1. The van der Waals surface area contributed by atoms with Crippen molar-refractivity contribution in [3.8, 4) is 5.13 Å². The Morgan fingerprint density at radius 3 is 2.89 bits per heavy atom. The second kappa shape index (κ2) is 8.28. The van der Waals surface area contributed by atoms with Gasteiger partial charge in [0.1, 0.15) is 0 Å². The molecule has 0 amide bonds. The van der Waals surface area contributed by atoms with Crippen molar-refractivity contribution < 1.29 is 14.6 Å². The molecule has 0 bridgehead atoms. The molecule has 2 N–H and O–H groups in total. The molecule has 0 spiro atoms. The van der Waals surface area contributed by atoms with Crippen LogP contribution in [0.4, 0.5) is 0 Å². The van der Waals surface area contributed by atoms with Gasteiger partial charge in [0.2, 0.25) is 5.13 Å². The van der Waals surface area contributed by atoms with E-state index in [-0.39, 0.29) is 18.6 Å². The lowest BCUT2D eigenvalue weighted by atomic mass is 10.1. The van der Waals surface area contributed by atoms with E-state index in [1.807, 2.05) is 24.3 Å². The van der Waals surface area contributed by atoms with Crippen LogP contribution in [0.5, 0.6) is 0 Å². The van der Waals surface area contributed by atoms with Crippen LogP contribution in [-0.2, 0) is 16.0 Å². The SMILES string of the molecule is COC(=O)Cc1[nH]n(-c2nc3ccccc3s2)c(=O)c1C(C)=NCCCO. The van der Waals surface area contributed by atoms with Gasteiger partial charge in [-0.2, -0.15) is 4.68 Å². The molecule has 0 aliphatic carbocycles. The molecule has 27 heavy (non-hydrogen) atoms. The van der Waals surface area contributed by atoms with E-state index in [1.165, 1.54) is 23.1 Å². The monoisotopic (exact) mass is 388 g/mol. The Hall–Kier alpha value is -2.78. The van der Waals surface area contributed by atoms with Crippen molar-refractivity contribution in [3.63, 3.8) is 0 Å². The number of fused-ring (bicyclic) bond motifs is 1. The third-order valence-electron chi connectivity index (χ3n) is 4.02. The van der Waals surface area contributed by atoms with Crippen molar-refractivity contribution >= 4 is 33.2 Å². The molecular weight excluding hydrogens is 368 g/mol. The average Bonchev–Trinajstić information content (AvgIpc) is 3.22. The lowest BCUT2D eigenvalue weighted by Gasteiger charge is -2.01. The number of carbonyl (C=O) groups excluding carboxylic acids is 1. The fraction of sp³-hybridized carbons (Fsp3) is 0.333.